The van der Waals surface area contributed by atoms with E-state index < -0.39 is 5.54 Å². The molecule has 1 saturated heterocycles. The zero-order chi connectivity index (χ0) is 18.9. The first kappa shape index (κ1) is 18.7. The average molecular weight is 378 g/mol. The Balaban J connectivity index is 1.68. The van der Waals surface area contributed by atoms with Gasteiger partial charge >= 0.3 is 6.03 Å². The van der Waals surface area contributed by atoms with E-state index in [4.69, 9.17) is 11.6 Å². The molecule has 1 aliphatic heterocycles. The third kappa shape index (κ3) is 3.30. The fourth-order valence-electron chi connectivity index (χ4n) is 3.92. The largest absolute Gasteiger partial charge is 0.340 e. The van der Waals surface area contributed by atoms with Gasteiger partial charge in [-0.25, -0.2) is 4.79 Å². The van der Waals surface area contributed by atoms with E-state index in [1.165, 1.54) is 4.90 Å². The summed E-state index contributed by atoms with van der Waals surface area (Å²) in [7, 11) is 3.33. The summed E-state index contributed by atoms with van der Waals surface area (Å²) in [6, 6.07) is 6.90. The van der Waals surface area contributed by atoms with Gasteiger partial charge < -0.3 is 9.80 Å². The zero-order valence-corrected chi connectivity index (χ0v) is 16.0. The van der Waals surface area contributed by atoms with Crippen molar-refractivity contribution in [3.63, 3.8) is 0 Å². The van der Waals surface area contributed by atoms with Gasteiger partial charge in [0.1, 0.15) is 12.1 Å². The first-order valence-electron chi connectivity index (χ1n) is 8.93. The van der Waals surface area contributed by atoms with Crippen LogP contribution in [0, 0.1) is 0 Å². The molecule has 1 aromatic rings. The van der Waals surface area contributed by atoms with E-state index >= 15 is 0 Å². The lowest BCUT2D eigenvalue weighted by Crippen LogP contribution is -2.49. The van der Waals surface area contributed by atoms with Gasteiger partial charge in [-0.15, -0.1) is 0 Å². The molecule has 4 amide bonds. The van der Waals surface area contributed by atoms with E-state index in [1.807, 2.05) is 12.1 Å². The molecule has 1 spiro atoms. The number of amides is 4. The van der Waals surface area contributed by atoms with E-state index in [0.717, 1.165) is 29.7 Å². The molecule has 2 aliphatic rings. The minimum absolute atomic E-state index is 0.221. The highest BCUT2D eigenvalue weighted by Crippen LogP contribution is 2.39. The molecule has 0 N–H and O–H groups in total. The zero-order valence-electron chi connectivity index (χ0n) is 15.2. The maximum Gasteiger partial charge on any atom is 0.327 e. The molecule has 1 heterocycles. The number of nitrogens with zero attached hydrogens (tertiary/aromatic N) is 3. The number of hydrogen-bond donors (Lipinski definition) is 0. The van der Waals surface area contributed by atoms with Crippen molar-refractivity contribution < 1.29 is 14.4 Å². The SMILES string of the molecule is CN(Cc1cccc(Cl)c1)C(=O)CN1C(=O)N(C)C2(CCCCC2)C1=O. The fourth-order valence-corrected chi connectivity index (χ4v) is 4.14. The van der Waals surface area contributed by atoms with E-state index in [1.54, 1.807) is 31.1 Å². The number of carbonyl (C=O) groups excluding carboxylic acids is 3. The number of urea groups is 1. The second-order valence-corrected chi connectivity index (χ2v) is 7.64. The van der Waals surface area contributed by atoms with Gasteiger partial charge in [-0.2, -0.15) is 0 Å². The maximum atomic E-state index is 12.9. The van der Waals surface area contributed by atoms with Crippen LogP contribution >= 0.6 is 11.6 Å². The Labute approximate surface area is 158 Å². The van der Waals surface area contributed by atoms with Crippen molar-refractivity contribution >= 4 is 29.4 Å². The quantitative estimate of drug-likeness (QED) is 0.758. The van der Waals surface area contributed by atoms with Gasteiger partial charge in [0.15, 0.2) is 0 Å². The molecule has 0 aromatic heterocycles. The molecule has 7 heteroatoms. The van der Waals surface area contributed by atoms with Crippen LogP contribution in [0.15, 0.2) is 24.3 Å². The topological polar surface area (TPSA) is 60.9 Å². The Morgan fingerprint density at radius 1 is 1.23 bits per heavy atom. The van der Waals surface area contributed by atoms with Crippen molar-refractivity contribution in [2.45, 2.75) is 44.2 Å². The van der Waals surface area contributed by atoms with Crippen molar-refractivity contribution in [1.29, 1.82) is 0 Å². The Hall–Kier alpha value is -2.08. The maximum absolute atomic E-state index is 12.9. The molecule has 6 nitrogen and oxygen atoms in total. The first-order chi connectivity index (χ1) is 12.3. The fraction of sp³-hybridized carbons (Fsp3) is 0.526. The highest BCUT2D eigenvalue weighted by Gasteiger charge is 2.55. The van der Waals surface area contributed by atoms with E-state index in [2.05, 4.69) is 0 Å². The molecule has 140 valence electrons. The number of benzene rings is 1. The standard InChI is InChI=1S/C19H24ClN3O3/c1-21(12-14-7-6-8-15(20)11-14)16(24)13-23-17(25)19(22(2)18(23)26)9-4-3-5-10-19/h6-8,11H,3-5,9-10,12-13H2,1-2H3. The van der Waals surface area contributed by atoms with Gasteiger partial charge in [-0.3, -0.25) is 14.5 Å². The smallest absolute Gasteiger partial charge is 0.327 e. The summed E-state index contributed by atoms with van der Waals surface area (Å²) in [5, 5.41) is 0.606. The van der Waals surface area contributed by atoms with Crippen LogP contribution < -0.4 is 0 Å². The summed E-state index contributed by atoms with van der Waals surface area (Å²) < 4.78 is 0. The third-order valence-corrected chi connectivity index (χ3v) is 5.75. The summed E-state index contributed by atoms with van der Waals surface area (Å²) in [6.07, 6.45) is 4.30. The lowest BCUT2D eigenvalue weighted by atomic mass is 9.81. The summed E-state index contributed by atoms with van der Waals surface area (Å²) in [4.78, 5) is 42.3. The number of carbonyl (C=O) groups is 3. The van der Waals surface area contributed by atoms with Crippen LogP contribution in [0.2, 0.25) is 5.02 Å². The van der Waals surface area contributed by atoms with Crippen LogP contribution in [-0.4, -0.2) is 58.7 Å². The van der Waals surface area contributed by atoms with Crippen LogP contribution in [0.5, 0.6) is 0 Å². The Kier molecular flexibility index (Phi) is 5.23. The first-order valence-corrected chi connectivity index (χ1v) is 9.31. The van der Waals surface area contributed by atoms with Crippen LogP contribution in [0.1, 0.15) is 37.7 Å². The van der Waals surface area contributed by atoms with Gasteiger partial charge in [0.25, 0.3) is 5.91 Å². The molecule has 26 heavy (non-hydrogen) atoms. The van der Waals surface area contributed by atoms with Crippen molar-refractivity contribution in [3.05, 3.63) is 34.9 Å². The molecular formula is C19H24ClN3O3. The predicted molar refractivity (Wildman–Crippen MR) is 98.6 cm³/mol. The van der Waals surface area contributed by atoms with Crippen molar-refractivity contribution in [1.82, 2.24) is 14.7 Å². The number of imide groups is 1. The van der Waals surface area contributed by atoms with Crippen molar-refractivity contribution in [2.75, 3.05) is 20.6 Å². The summed E-state index contributed by atoms with van der Waals surface area (Å²) >= 11 is 5.98. The lowest BCUT2D eigenvalue weighted by Gasteiger charge is -2.35. The molecule has 0 atom stereocenters. The monoisotopic (exact) mass is 377 g/mol. The summed E-state index contributed by atoms with van der Waals surface area (Å²) in [5.41, 5.74) is 0.148. The van der Waals surface area contributed by atoms with Gasteiger partial charge in [-0.1, -0.05) is 43.0 Å². The van der Waals surface area contributed by atoms with Crippen LogP contribution in [-0.2, 0) is 16.1 Å². The number of halogens is 1. The molecule has 1 saturated carbocycles. The Morgan fingerprint density at radius 3 is 2.58 bits per heavy atom. The Morgan fingerprint density at radius 2 is 1.92 bits per heavy atom. The minimum Gasteiger partial charge on any atom is -0.340 e. The highest BCUT2D eigenvalue weighted by atomic mass is 35.5. The molecule has 2 fully saturated rings. The van der Waals surface area contributed by atoms with Crippen molar-refractivity contribution in [3.8, 4) is 0 Å². The van der Waals surface area contributed by atoms with E-state index in [0.29, 0.717) is 24.4 Å². The Bertz CT molecular complexity index is 730. The average Bonchev–Trinajstić information content (AvgIpc) is 2.79. The molecular weight excluding hydrogens is 354 g/mol. The summed E-state index contributed by atoms with van der Waals surface area (Å²) in [6.45, 7) is 0.150. The van der Waals surface area contributed by atoms with E-state index in [9.17, 15) is 14.4 Å². The minimum atomic E-state index is -0.749. The normalized spacial score (nSPS) is 19.3. The third-order valence-electron chi connectivity index (χ3n) is 5.51. The number of rotatable bonds is 4. The predicted octanol–water partition coefficient (Wildman–Crippen LogP) is 2.90. The summed E-state index contributed by atoms with van der Waals surface area (Å²) in [5.74, 6) is -0.498. The molecule has 1 aliphatic carbocycles. The van der Waals surface area contributed by atoms with Crippen molar-refractivity contribution in [2.24, 2.45) is 0 Å². The van der Waals surface area contributed by atoms with Gasteiger partial charge in [0.2, 0.25) is 5.91 Å². The molecule has 1 aromatic carbocycles. The molecule has 0 bridgehead atoms. The van der Waals surface area contributed by atoms with Gasteiger partial charge in [0, 0.05) is 25.7 Å². The van der Waals surface area contributed by atoms with Crippen LogP contribution in [0.25, 0.3) is 0 Å². The highest BCUT2D eigenvalue weighted by molar-refractivity contribution is 6.30. The number of likely N-dealkylation sites (N-methyl/N-ethyl adjacent to an activating group) is 2. The van der Waals surface area contributed by atoms with Crippen LogP contribution in [0.3, 0.4) is 0 Å². The number of hydrogen-bond acceptors (Lipinski definition) is 3. The molecule has 0 unspecified atom stereocenters. The van der Waals surface area contributed by atoms with Gasteiger partial charge in [0.05, 0.1) is 0 Å². The van der Waals surface area contributed by atoms with Crippen LogP contribution in [0.4, 0.5) is 4.79 Å². The molecule has 3 rings (SSSR count). The second-order valence-electron chi connectivity index (χ2n) is 7.20. The van der Waals surface area contributed by atoms with Gasteiger partial charge in [-0.05, 0) is 30.5 Å². The molecule has 0 radical (unpaired) electrons. The second kappa shape index (κ2) is 7.27. The van der Waals surface area contributed by atoms with E-state index in [-0.39, 0.29) is 24.4 Å². The lowest BCUT2D eigenvalue weighted by molar-refractivity contribution is -0.140.